The summed E-state index contributed by atoms with van der Waals surface area (Å²) in [5.74, 6) is 0.217. The van der Waals surface area contributed by atoms with Gasteiger partial charge in [-0.25, -0.2) is 9.97 Å². The van der Waals surface area contributed by atoms with Crippen LogP contribution in [0.5, 0.6) is 0 Å². The number of carbonyl (C=O) groups excluding carboxylic acids is 2. The Labute approximate surface area is 157 Å². The second kappa shape index (κ2) is 8.23. The first-order valence-corrected chi connectivity index (χ1v) is 8.55. The molecule has 0 aliphatic heterocycles. The fourth-order valence-corrected chi connectivity index (χ4v) is 2.53. The average molecular weight is 360 g/mol. The third kappa shape index (κ3) is 4.98. The van der Waals surface area contributed by atoms with Crippen LogP contribution in [0.3, 0.4) is 0 Å². The van der Waals surface area contributed by atoms with E-state index in [1.165, 1.54) is 24.9 Å². The Bertz CT molecular complexity index is 951. The van der Waals surface area contributed by atoms with Gasteiger partial charge in [0.1, 0.15) is 11.5 Å². The van der Waals surface area contributed by atoms with Crippen molar-refractivity contribution in [1.29, 1.82) is 0 Å². The van der Waals surface area contributed by atoms with Gasteiger partial charge in [0, 0.05) is 17.8 Å². The van der Waals surface area contributed by atoms with Crippen LogP contribution in [-0.2, 0) is 6.54 Å². The summed E-state index contributed by atoms with van der Waals surface area (Å²) in [4.78, 5) is 31.9. The molecule has 0 aliphatic rings. The summed E-state index contributed by atoms with van der Waals surface area (Å²) >= 11 is 0. The first kappa shape index (κ1) is 18.3. The van der Waals surface area contributed by atoms with E-state index in [4.69, 9.17) is 0 Å². The van der Waals surface area contributed by atoms with Crippen LogP contribution in [0.1, 0.15) is 38.9 Å². The van der Waals surface area contributed by atoms with Gasteiger partial charge in [0.25, 0.3) is 5.91 Å². The highest BCUT2D eigenvalue weighted by atomic mass is 16.2. The van der Waals surface area contributed by atoms with Gasteiger partial charge in [-0.3, -0.25) is 9.59 Å². The quantitative estimate of drug-likeness (QED) is 0.652. The van der Waals surface area contributed by atoms with Gasteiger partial charge in [0.2, 0.25) is 0 Å². The van der Waals surface area contributed by atoms with Gasteiger partial charge < -0.3 is 10.6 Å². The normalized spacial score (nSPS) is 10.3. The molecule has 1 amide bonds. The van der Waals surface area contributed by atoms with Crippen molar-refractivity contribution < 1.29 is 9.59 Å². The summed E-state index contributed by atoms with van der Waals surface area (Å²) in [5, 5.41) is 5.92. The molecule has 0 radical (unpaired) electrons. The Morgan fingerprint density at radius 3 is 2.41 bits per heavy atom. The minimum absolute atomic E-state index is 0.0208. The maximum absolute atomic E-state index is 12.3. The van der Waals surface area contributed by atoms with Crippen LogP contribution in [-0.4, -0.2) is 21.7 Å². The lowest BCUT2D eigenvalue weighted by Crippen LogP contribution is -2.14. The SMILES string of the molecule is CC(=O)c1ccc(NC(=O)c2cnc(NCc3cccc(C)c3)cn2)cc1. The van der Waals surface area contributed by atoms with Crippen molar-refractivity contribution >= 4 is 23.2 Å². The highest BCUT2D eigenvalue weighted by Gasteiger charge is 2.09. The van der Waals surface area contributed by atoms with Gasteiger partial charge in [-0.2, -0.15) is 0 Å². The van der Waals surface area contributed by atoms with Crippen molar-refractivity contribution in [3.63, 3.8) is 0 Å². The van der Waals surface area contributed by atoms with E-state index in [0.29, 0.717) is 23.6 Å². The van der Waals surface area contributed by atoms with Crippen molar-refractivity contribution in [1.82, 2.24) is 9.97 Å². The molecule has 0 bridgehead atoms. The summed E-state index contributed by atoms with van der Waals surface area (Å²) in [5.41, 5.74) is 3.74. The molecule has 0 saturated carbocycles. The van der Waals surface area contributed by atoms with Crippen LogP contribution in [0.25, 0.3) is 0 Å². The van der Waals surface area contributed by atoms with E-state index in [2.05, 4.69) is 26.7 Å². The maximum atomic E-state index is 12.3. The number of nitrogens with one attached hydrogen (secondary N) is 2. The van der Waals surface area contributed by atoms with Gasteiger partial charge in [-0.15, -0.1) is 0 Å². The van der Waals surface area contributed by atoms with Crippen LogP contribution in [0.15, 0.2) is 60.9 Å². The summed E-state index contributed by atoms with van der Waals surface area (Å²) in [6, 6.07) is 14.9. The largest absolute Gasteiger partial charge is 0.365 e. The number of anilines is 2. The molecule has 1 aromatic heterocycles. The van der Waals surface area contributed by atoms with Crippen LogP contribution < -0.4 is 10.6 Å². The van der Waals surface area contributed by atoms with Crippen molar-refractivity contribution in [2.75, 3.05) is 10.6 Å². The second-order valence-electron chi connectivity index (χ2n) is 6.22. The van der Waals surface area contributed by atoms with E-state index in [1.54, 1.807) is 24.3 Å². The molecule has 0 atom stereocenters. The molecule has 0 spiro atoms. The van der Waals surface area contributed by atoms with Gasteiger partial charge in [0.05, 0.1) is 12.4 Å². The second-order valence-corrected chi connectivity index (χ2v) is 6.22. The Morgan fingerprint density at radius 1 is 1.00 bits per heavy atom. The maximum Gasteiger partial charge on any atom is 0.275 e. The first-order chi connectivity index (χ1) is 13.0. The molecular formula is C21H20N4O2. The molecule has 0 saturated heterocycles. The number of ketones is 1. The third-order valence-corrected chi connectivity index (χ3v) is 3.99. The number of Topliss-reactive ketones (excluding diaryl/α,β-unsaturated/α-hetero) is 1. The fourth-order valence-electron chi connectivity index (χ4n) is 2.53. The molecule has 2 aromatic carbocycles. The molecule has 0 unspecified atom stereocenters. The predicted octanol–water partition coefficient (Wildman–Crippen LogP) is 3.85. The Morgan fingerprint density at radius 2 is 1.78 bits per heavy atom. The minimum atomic E-state index is -0.358. The number of rotatable bonds is 6. The number of amides is 1. The number of benzene rings is 2. The molecule has 136 valence electrons. The smallest absolute Gasteiger partial charge is 0.275 e. The number of aryl methyl sites for hydroxylation is 1. The van der Waals surface area contributed by atoms with Gasteiger partial charge in [0.15, 0.2) is 5.78 Å². The molecule has 1 heterocycles. The standard InChI is InChI=1S/C21H20N4O2/c1-14-4-3-5-16(10-14)11-23-20-13-22-19(12-24-20)21(27)25-18-8-6-17(7-9-18)15(2)26/h3-10,12-13H,11H2,1-2H3,(H,23,24)(H,25,27). The Kier molecular flexibility index (Phi) is 5.56. The van der Waals surface area contributed by atoms with E-state index in [-0.39, 0.29) is 17.4 Å². The van der Waals surface area contributed by atoms with Crippen LogP contribution in [0.4, 0.5) is 11.5 Å². The monoisotopic (exact) mass is 360 g/mol. The van der Waals surface area contributed by atoms with Crippen LogP contribution in [0.2, 0.25) is 0 Å². The lowest BCUT2D eigenvalue weighted by molar-refractivity contribution is 0.101. The lowest BCUT2D eigenvalue weighted by atomic mass is 10.1. The molecule has 0 aliphatic carbocycles. The minimum Gasteiger partial charge on any atom is -0.365 e. The van der Waals surface area contributed by atoms with E-state index >= 15 is 0 Å². The topological polar surface area (TPSA) is 84.0 Å². The molecule has 6 heteroatoms. The highest BCUT2D eigenvalue weighted by molar-refractivity contribution is 6.03. The zero-order valence-electron chi connectivity index (χ0n) is 15.2. The molecule has 3 rings (SSSR count). The van der Waals surface area contributed by atoms with Crippen molar-refractivity contribution in [3.8, 4) is 0 Å². The predicted molar refractivity (Wildman–Crippen MR) is 105 cm³/mol. The Balaban J connectivity index is 1.59. The zero-order chi connectivity index (χ0) is 19.2. The summed E-state index contributed by atoms with van der Waals surface area (Å²) in [6.45, 7) is 4.17. The molecule has 2 N–H and O–H groups in total. The zero-order valence-corrected chi connectivity index (χ0v) is 15.2. The number of hydrogen-bond acceptors (Lipinski definition) is 5. The average Bonchev–Trinajstić information content (AvgIpc) is 2.67. The summed E-state index contributed by atoms with van der Waals surface area (Å²) < 4.78 is 0. The van der Waals surface area contributed by atoms with E-state index in [0.717, 1.165) is 5.56 Å². The number of carbonyl (C=O) groups is 2. The van der Waals surface area contributed by atoms with Gasteiger partial charge in [-0.1, -0.05) is 29.8 Å². The number of hydrogen-bond donors (Lipinski definition) is 2. The van der Waals surface area contributed by atoms with Crippen molar-refractivity contribution in [2.45, 2.75) is 20.4 Å². The lowest BCUT2D eigenvalue weighted by Gasteiger charge is -2.08. The molecule has 6 nitrogen and oxygen atoms in total. The fraction of sp³-hybridized carbons (Fsp3) is 0.143. The molecule has 3 aromatic rings. The summed E-state index contributed by atoms with van der Waals surface area (Å²) in [6.07, 6.45) is 2.96. The van der Waals surface area contributed by atoms with Crippen molar-refractivity contribution in [2.24, 2.45) is 0 Å². The molecule has 0 fully saturated rings. The van der Waals surface area contributed by atoms with E-state index < -0.39 is 0 Å². The molecule has 27 heavy (non-hydrogen) atoms. The van der Waals surface area contributed by atoms with Crippen molar-refractivity contribution in [3.05, 3.63) is 83.3 Å². The highest BCUT2D eigenvalue weighted by Crippen LogP contribution is 2.12. The Hall–Kier alpha value is -3.54. The molecular weight excluding hydrogens is 340 g/mol. The van der Waals surface area contributed by atoms with E-state index in [9.17, 15) is 9.59 Å². The van der Waals surface area contributed by atoms with Gasteiger partial charge >= 0.3 is 0 Å². The number of aromatic nitrogens is 2. The summed E-state index contributed by atoms with van der Waals surface area (Å²) in [7, 11) is 0. The van der Waals surface area contributed by atoms with Gasteiger partial charge in [-0.05, 0) is 43.7 Å². The van der Waals surface area contributed by atoms with E-state index in [1.807, 2.05) is 25.1 Å². The number of nitrogens with zero attached hydrogens (tertiary/aromatic N) is 2. The first-order valence-electron chi connectivity index (χ1n) is 8.55. The van der Waals surface area contributed by atoms with Crippen LogP contribution in [0, 0.1) is 6.92 Å². The third-order valence-electron chi connectivity index (χ3n) is 3.99. The van der Waals surface area contributed by atoms with Crippen LogP contribution >= 0.6 is 0 Å².